The normalized spacial score (nSPS) is 13.2. The van der Waals surface area contributed by atoms with E-state index in [4.69, 9.17) is 5.73 Å². The molecule has 116 valence electrons. The first-order valence-electron chi connectivity index (χ1n) is 7.10. The lowest BCUT2D eigenvalue weighted by atomic mass is 10.1. The minimum Gasteiger partial charge on any atom is -0.352 e. The zero-order valence-corrected chi connectivity index (χ0v) is 12.7. The van der Waals surface area contributed by atoms with E-state index in [2.05, 4.69) is 10.6 Å². The van der Waals surface area contributed by atoms with E-state index in [0.717, 1.165) is 25.7 Å². The highest BCUT2D eigenvalue weighted by Crippen LogP contribution is 2.30. The zero-order valence-electron chi connectivity index (χ0n) is 11.9. The Morgan fingerprint density at radius 3 is 2.67 bits per heavy atom. The quantitative estimate of drug-likeness (QED) is 0.673. The van der Waals surface area contributed by atoms with Crippen LogP contribution in [0.25, 0.3) is 0 Å². The number of hydrogen-bond acceptors (Lipinski definition) is 3. The number of amides is 2. The van der Waals surface area contributed by atoms with Crippen molar-refractivity contribution >= 4 is 29.9 Å². The van der Waals surface area contributed by atoms with Crippen molar-refractivity contribution in [2.24, 2.45) is 11.7 Å². The van der Waals surface area contributed by atoms with Gasteiger partial charge in [0.15, 0.2) is 0 Å². The molecule has 2 amide bonds. The molecular weight excluding hydrogens is 290 g/mol. The average Bonchev–Trinajstić information content (AvgIpc) is 3.28. The van der Waals surface area contributed by atoms with Crippen LogP contribution in [0.2, 0.25) is 0 Å². The topological polar surface area (TPSA) is 84.2 Å². The second-order valence-electron chi connectivity index (χ2n) is 5.10. The van der Waals surface area contributed by atoms with Crippen LogP contribution >= 0.6 is 12.4 Å². The molecule has 0 saturated heterocycles. The summed E-state index contributed by atoms with van der Waals surface area (Å²) in [6.07, 6.45) is 3.71. The highest BCUT2D eigenvalue weighted by atomic mass is 35.5. The highest BCUT2D eigenvalue weighted by Gasteiger charge is 2.29. The number of carbonyl (C=O) groups is 2. The van der Waals surface area contributed by atoms with Gasteiger partial charge in [0.1, 0.15) is 0 Å². The van der Waals surface area contributed by atoms with Crippen molar-refractivity contribution in [2.75, 3.05) is 18.4 Å². The van der Waals surface area contributed by atoms with Crippen molar-refractivity contribution < 1.29 is 9.59 Å². The van der Waals surface area contributed by atoms with Crippen LogP contribution in [0, 0.1) is 5.92 Å². The summed E-state index contributed by atoms with van der Waals surface area (Å²) in [5.41, 5.74) is 6.64. The van der Waals surface area contributed by atoms with Gasteiger partial charge >= 0.3 is 0 Å². The van der Waals surface area contributed by atoms with Gasteiger partial charge in [-0.15, -0.1) is 12.4 Å². The fraction of sp³-hybridized carbons (Fsp3) is 0.467. The smallest absolute Gasteiger partial charge is 0.251 e. The lowest BCUT2D eigenvalue weighted by Gasteiger charge is -2.08. The summed E-state index contributed by atoms with van der Waals surface area (Å²) in [4.78, 5) is 23.6. The van der Waals surface area contributed by atoms with Gasteiger partial charge in [-0.3, -0.25) is 9.59 Å². The molecule has 0 heterocycles. The van der Waals surface area contributed by atoms with Crippen LogP contribution in [-0.4, -0.2) is 24.9 Å². The predicted octanol–water partition coefficient (Wildman–Crippen LogP) is 1.93. The number of carbonyl (C=O) groups excluding carboxylic acids is 2. The fourth-order valence-corrected chi connectivity index (χ4v) is 1.90. The summed E-state index contributed by atoms with van der Waals surface area (Å²) in [5, 5.41) is 5.68. The van der Waals surface area contributed by atoms with Crippen molar-refractivity contribution in [3.8, 4) is 0 Å². The molecule has 6 heteroatoms. The number of unbranched alkanes of at least 4 members (excludes halogenated alkanes) is 1. The lowest BCUT2D eigenvalue weighted by molar-refractivity contribution is -0.117. The largest absolute Gasteiger partial charge is 0.352 e. The second-order valence-corrected chi connectivity index (χ2v) is 5.10. The molecule has 1 saturated carbocycles. The molecule has 1 aromatic carbocycles. The third-order valence-corrected chi connectivity index (χ3v) is 3.26. The first-order valence-corrected chi connectivity index (χ1v) is 7.10. The van der Waals surface area contributed by atoms with Crippen LogP contribution < -0.4 is 16.4 Å². The Labute approximate surface area is 131 Å². The maximum Gasteiger partial charge on any atom is 0.251 e. The third-order valence-electron chi connectivity index (χ3n) is 3.26. The highest BCUT2D eigenvalue weighted by molar-refractivity contribution is 5.98. The molecule has 0 atom stereocenters. The standard InChI is InChI=1S/C15H21N3O2.ClH/c16-8-1-2-9-17-14(19)12-4-3-5-13(10-12)18-15(20)11-6-7-11;/h3-5,10-11H,1-2,6-9,16H2,(H,17,19)(H,18,20);1H. The van der Waals surface area contributed by atoms with Crippen molar-refractivity contribution in [2.45, 2.75) is 25.7 Å². The van der Waals surface area contributed by atoms with E-state index in [-0.39, 0.29) is 30.1 Å². The minimum atomic E-state index is -0.121. The zero-order chi connectivity index (χ0) is 14.4. The Bertz CT molecular complexity index is 490. The van der Waals surface area contributed by atoms with Crippen LogP contribution in [-0.2, 0) is 4.79 Å². The lowest BCUT2D eigenvalue weighted by Crippen LogP contribution is -2.25. The van der Waals surface area contributed by atoms with Gasteiger partial charge < -0.3 is 16.4 Å². The number of halogens is 1. The van der Waals surface area contributed by atoms with Gasteiger partial charge in [-0.2, -0.15) is 0 Å². The van der Waals surface area contributed by atoms with E-state index in [0.29, 0.717) is 24.3 Å². The Balaban J connectivity index is 0.00000220. The van der Waals surface area contributed by atoms with E-state index in [9.17, 15) is 9.59 Å². The van der Waals surface area contributed by atoms with Crippen molar-refractivity contribution in [3.63, 3.8) is 0 Å². The Morgan fingerprint density at radius 1 is 1.24 bits per heavy atom. The van der Waals surface area contributed by atoms with Gasteiger partial charge in [0.2, 0.25) is 5.91 Å². The molecule has 4 N–H and O–H groups in total. The average molecular weight is 312 g/mol. The van der Waals surface area contributed by atoms with Crippen LogP contribution in [0.3, 0.4) is 0 Å². The van der Waals surface area contributed by atoms with E-state index in [1.54, 1.807) is 24.3 Å². The molecule has 0 spiro atoms. The van der Waals surface area contributed by atoms with Gasteiger partial charge in [-0.25, -0.2) is 0 Å². The maximum atomic E-state index is 11.9. The molecule has 21 heavy (non-hydrogen) atoms. The second kappa shape index (κ2) is 8.64. The Kier molecular flexibility index (Phi) is 7.19. The summed E-state index contributed by atoms with van der Waals surface area (Å²) in [5.74, 6) is 0.0822. The fourth-order valence-electron chi connectivity index (χ4n) is 1.90. The molecule has 0 aromatic heterocycles. The van der Waals surface area contributed by atoms with E-state index in [1.807, 2.05) is 0 Å². The molecule has 2 rings (SSSR count). The van der Waals surface area contributed by atoms with Gasteiger partial charge in [0, 0.05) is 23.7 Å². The molecule has 1 aromatic rings. The minimum absolute atomic E-state index is 0. The molecular formula is C15H22ClN3O2. The van der Waals surface area contributed by atoms with E-state index < -0.39 is 0 Å². The summed E-state index contributed by atoms with van der Waals surface area (Å²) in [6.45, 7) is 1.26. The summed E-state index contributed by atoms with van der Waals surface area (Å²) in [6, 6.07) is 7.02. The molecule has 0 bridgehead atoms. The van der Waals surface area contributed by atoms with Crippen LogP contribution in [0.4, 0.5) is 5.69 Å². The number of nitrogens with one attached hydrogen (secondary N) is 2. The van der Waals surface area contributed by atoms with Crippen molar-refractivity contribution in [1.82, 2.24) is 5.32 Å². The number of hydrogen-bond donors (Lipinski definition) is 3. The Morgan fingerprint density at radius 2 is 2.00 bits per heavy atom. The van der Waals surface area contributed by atoms with Crippen molar-refractivity contribution in [1.29, 1.82) is 0 Å². The molecule has 5 nitrogen and oxygen atoms in total. The van der Waals surface area contributed by atoms with Crippen molar-refractivity contribution in [3.05, 3.63) is 29.8 Å². The predicted molar refractivity (Wildman–Crippen MR) is 85.7 cm³/mol. The molecule has 1 aliphatic rings. The number of anilines is 1. The number of nitrogens with two attached hydrogens (primary N) is 1. The third kappa shape index (κ3) is 5.73. The van der Waals surface area contributed by atoms with Gasteiger partial charge in [-0.05, 0) is 50.4 Å². The van der Waals surface area contributed by atoms with Gasteiger partial charge in [0.25, 0.3) is 5.91 Å². The number of benzene rings is 1. The van der Waals surface area contributed by atoms with Gasteiger partial charge in [-0.1, -0.05) is 6.07 Å². The summed E-state index contributed by atoms with van der Waals surface area (Å²) in [7, 11) is 0. The molecule has 0 unspecified atom stereocenters. The van der Waals surface area contributed by atoms with E-state index >= 15 is 0 Å². The van der Waals surface area contributed by atoms with E-state index in [1.165, 1.54) is 0 Å². The monoisotopic (exact) mass is 311 g/mol. The first-order chi connectivity index (χ1) is 9.70. The number of rotatable bonds is 7. The van der Waals surface area contributed by atoms with Gasteiger partial charge in [0.05, 0.1) is 0 Å². The molecule has 1 aliphatic carbocycles. The maximum absolute atomic E-state index is 11.9. The van der Waals surface area contributed by atoms with Crippen LogP contribution in [0.1, 0.15) is 36.0 Å². The molecule has 0 radical (unpaired) electrons. The molecule has 0 aliphatic heterocycles. The Hall–Kier alpha value is -1.59. The van der Waals surface area contributed by atoms with Crippen LogP contribution in [0.5, 0.6) is 0 Å². The first kappa shape index (κ1) is 17.5. The summed E-state index contributed by atoms with van der Waals surface area (Å²) >= 11 is 0. The SMILES string of the molecule is Cl.NCCCCNC(=O)c1cccc(NC(=O)C2CC2)c1. The van der Waals surface area contributed by atoms with Crippen LogP contribution in [0.15, 0.2) is 24.3 Å². The molecule has 1 fully saturated rings. The summed E-state index contributed by atoms with van der Waals surface area (Å²) < 4.78 is 0.